The van der Waals surface area contributed by atoms with Crippen LogP contribution in [0.3, 0.4) is 0 Å². The molecule has 0 amide bonds. The monoisotopic (exact) mass is 348 g/mol. The first-order chi connectivity index (χ1) is 11.8. The predicted molar refractivity (Wildman–Crippen MR) is 96.9 cm³/mol. The van der Waals surface area contributed by atoms with Gasteiger partial charge in [0.05, 0.1) is 6.10 Å². The third-order valence-corrected chi connectivity index (χ3v) is 3.83. The Morgan fingerprint density at radius 2 is 1.72 bits per heavy atom. The zero-order valence-electron chi connectivity index (χ0n) is 15.2. The molecule has 138 valence electrons. The van der Waals surface area contributed by atoms with Gasteiger partial charge in [0.1, 0.15) is 19.3 Å². The Balaban J connectivity index is 2.15. The zero-order valence-corrected chi connectivity index (χ0v) is 15.2. The van der Waals surface area contributed by atoms with Gasteiger partial charge in [0, 0.05) is 11.1 Å². The summed E-state index contributed by atoms with van der Waals surface area (Å²) in [5, 5.41) is 0. The largest absolute Gasteiger partial charge is 0.459 e. The van der Waals surface area contributed by atoms with Gasteiger partial charge in [0.25, 0.3) is 0 Å². The summed E-state index contributed by atoms with van der Waals surface area (Å²) in [5.41, 5.74) is 0.787. The Bertz CT molecular complexity index is 546. The van der Waals surface area contributed by atoms with Crippen molar-refractivity contribution in [3.63, 3.8) is 0 Å². The first-order valence-electron chi connectivity index (χ1n) is 8.43. The average Bonchev–Trinajstić information content (AvgIpc) is 3.33. The van der Waals surface area contributed by atoms with Crippen molar-refractivity contribution in [2.75, 3.05) is 13.2 Å². The number of carbonyl (C=O) groups is 2. The summed E-state index contributed by atoms with van der Waals surface area (Å²) in [6, 6.07) is 0. The van der Waals surface area contributed by atoms with Crippen molar-refractivity contribution in [1.29, 1.82) is 0 Å². The van der Waals surface area contributed by atoms with E-state index in [0.29, 0.717) is 17.1 Å². The molecule has 1 saturated heterocycles. The van der Waals surface area contributed by atoms with Gasteiger partial charge in [-0.2, -0.15) is 0 Å². The van der Waals surface area contributed by atoms with E-state index in [1.165, 1.54) is 0 Å². The van der Waals surface area contributed by atoms with Crippen molar-refractivity contribution < 1.29 is 23.8 Å². The summed E-state index contributed by atoms with van der Waals surface area (Å²) >= 11 is 0. The van der Waals surface area contributed by atoms with Crippen LogP contribution in [0.15, 0.2) is 49.1 Å². The van der Waals surface area contributed by atoms with Crippen LogP contribution >= 0.6 is 0 Å². The fourth-order valence-corrected chi connectivity index (χ4v) is 2.16. The standard InChI is InChI=1S/C20H28O5/c1-6-16(9-7-8-12-23-19(21)14(2)3)10-11-17-18(25-17)13-24-20(22)15(4)5/h6-8,16-18H,1-2,4,9-13H2,3,5H3/b8-7+. The van der Waals surface area contributed by atoms with Crippen LogP contribution in [-0.2, 0) is 23.8 Å². The molecule has 1 aliphatic rings. The SMILES string of the molecule is C=CC(C/C=C/COC(=O)C(=C)C)CCC1OC1COC(=O)C(=C)C. The van der Waals surface area contributed by atoms with Crippen LogP contribution in [-0.4, -0.2) is 37.4 Å². The van der Waals surface area contributed by atoms with Gasteiger partial charge in [-0.15, -0.1) is 6.58 Å². The Morgan fingerprint density at radius 3 is 2.32 bits per heavy atom. The average molecular weight is 348 g/mol. The lowest BCUT2D eigenvalue weighted by atomic mass is 9.97. The molecule has 0 bridgehead atoms. The van der Waals surface area contributed by atoms with E-state index in [-0.39, 0.29) is 37.4 Å². The third-order valence-electron chi connectivity index (χ3n) is 3.83. The molecule has 0 aromatic rings. The van der Waals surface area contributed by atoms with Crippen molar-refractivity contribution in [3.8, 4) is 0 Å². The summed E-state index contributed by atoms with van der Waals surface area (Å²) in [4.78, 5) is 22.5. The van der Waals surface area contributed by atoms with Gasteiger partial charge in [0.2, 0.25) is 0 Å². The van der Waals surface area contributed by atoms with E-state index in [0.717, 1.165) is 19.3 Å². The van der Waals surface area contributed by atoms with E-state index in [2.05, 4.69) is 19.7 Å². The normalized spacial score (nSPS) is 19.9. The summed E-state index contributed by atoms with van der Waals surface area (Å²) in [6.07, 6.45) is 8.52. The van der Waals surface area contributed by atoms with Crippen molar-refractivity contribution in [2.24, 2.45) is 5.92 Å². The zero-order chi connectivity index (χ0) is 18.8. The number of hydrogen-bond donors (Lipinski definition) is 0. The molecule has 0 saturated carbocycles. The van der Waals surface area contributed by atoms with Crippen LogP contribution in [0.25, 0.3) is 0 Å². The number of carbonyl (C=O) groups excluding carboxylic acids is 2. The van der Waals surface area contributed by atoms with E-state index in [1.807, 2.05) is 18.2 Å². The molecule has 0 N–H and O–H groups in total. The molecule has 1 aliphatic heterocycles. The molecule has 0 radical (unpaired) electrons. The molecular formula is C20H28O5. The van der Waals surface area contributed by atoms with E-state index in [9.17, 15) is 9.59 Å². The first kappa shape index (κ1) is 20.9. The van der Waals surface area contributed by atoms with Gasteiger partial charge in [-0.25, -0.2) is 9.59 Å². The predicted octanol–water partition coefficient (Wildman–Crippen LogP) is 3.52. The van der Waals surface area contributed by atoms with Crippen molar-refractivity contribution in [3.05, 3.63) is 49.1 Å². The van der Waals surface area contributed by atoms with Crippen molar-refractivity contribution >= 4 is 11.9 Å². The maximum absolute atomic E-state index is 11.3. The minimum absolute atomic E-state index is 0.00846. The van der Waals surface area contributed by atoms with Gasteiger partial charge in [0.15, 0.2) is 0 Å². The van der Waals surface area contributed by atoms with Crippen LogP contribution in [0, 0.1) is 5.92 Å². The molecule has 25 heavy (non-hydrogen) atoms. The molecular weight excluding hydrogens is 320 g/mol. The van der Waals surface area contributed by atoms with E-state index < -0.39 is 0 Å². The van der Waals surface area contributed by atoms with Gasteiger partial charge in [-0.1, -0.05) is 31.4 Å². The summed E-state index contributed by atoms with van der Waals surface area (Å²) < 4.78 is 15.6. The molecule has 5 nitrogen and oxygen atoms in total. The van der Waals surface area contributed by atoms with E-state index >= 15 is 0 Å². The van der Waals surface area contributed by atoms with Crippen molar-refractivity contribution in [2.45, 2.75) is 45.3 Å². The molecule has 0 spiro atoms. The molecule has 3 atom stereocenters. The fourth-order valence-electron chi connectivity index (χ4n) is 2.16. The maximum Gasteiger partial charge on any atom is 0.333 e. The van der Waals surface area contributed by atoms with E-state index in [4.69, 9.17) is 14.2 Å². The van der Waals surface area contributed by atoms with Crippen LogP contribution in [0.2, 0.25) is 0 Å². The van der Waals surface area contributed by atoms with Crippen LogP contribution in [0.1, 0.15) is 33.1 Å². The van der Waals surface area contributed by atoms with Crippen LogP contribution < -0.4 is 0 Å². The maximum atomic E-state index is 11.3. The second kappa shape index (κ2) is 10.7. The summed E-state index contributed by atoms with van der Waals surface area (Å²) in [5.74, 6) is -0.430. The highest BCUT2D eigenvalue weighted by Crippen LogP contribution is 2.29. The lowest BCUT2D eigenvalue weighted by Crippen LogP contribution is -2.12. The van der Waals surface area contributed by atoms with E-state index in [1.54, 1.807) is 13.8 Å². The highest BCUT2D eigenvalue weighted by Gasteiger charge is 2.39. The highest BCUT2D eigenvalue weighted by atomic mass is 16.6. The summed E-state index contributed by atoms with van der Waals surface area (Å²) in [7, 11) is 0. The van der Waals surface area contributed by atoms with Gasteiger partial charge < -0.3 is 14.2 Å². The molecule has 0 aliphatic carbocycles. The van der Waals surface area contributed by atoms with Crippen LogP contribution in [0.5, 0.6) is 0 Å². The number of esters is 2. The van der Waals surface area contributed by atoms with Crippen LogP contribution in [0.4, 0.5) is 0 Å². The molecule has 1 fully saturated rings. The minimum atomic E-state index is -0.380. The molecule has 0 aromatic heterocycles. The summed E-state index contributed by atoms with van der Waals surface area (Å²) in [6.45, 7) is 14.7. The Kier molecular flexibility index (Phi) is 8.92. The van der Waals surface area contributed by atoms with Crippen molar-refractivity contribution in [1.82, 2.24) is 0 Å². The Labute approximate surface area is 150 Å². The topological polar surface area (TPSA) is 65.1 Å². The second-order valence-corrected chi connectivity index (χ2v) is 6.25. The number of allylic oxidation sites excluding steroid dienone is 2. The number of rotatable bonds is 12. The van der Waals surface area contributed by atoms with Gasteiger partial charge in [-0.3, -0.25) is 0 Å². The lowest BCUT2D eigenvalue weighted by molar-refractivity contribution is -0.139. The Morgan fingerprint density at radius 1 is 1.08 bits per heavy atom. The number of epoxide rings is 1. The minimum Gasteiger partial charge on any atom is -0.459 e. The van der Waals surface area contributed by atoms with Gasteiger partial charge >= 0.3 is 11.9 Å². The molecule has 5 heteroatoms. The number of ether oxygens (including phenoxy) is 3. The molecule has 1 heterocycles. The third kappa shape index (κ3) is 8.49. The molecule has 0 aromatic carbocycles. The fraction of sp³-hybridized carbons (Fsp3) is 0.500. The molecule has 1 rings (SSSR count). The van der Waals surface area contributed by atoms with Gasteiger partial charge in [-0.05, 0) is 39.0 Å². The second-order valence-electron chi connectivity index (χ2n) is 6.25. The lowest BCUT2D eigenvalue weighted by Gasteiger charge is -2.08. The highest BCUT2D eigenvalue weighted by molar-refractivity contribution is 5.87. The molecule has 3 unspecified atom stereocenters. The number of hydrogen-bond acceptors (Lipinski definition) is 5. The smallest absolute Gasteiger partial charge is 0.333 e. The Hall–Kier alpha value is -2.14. The first-order valence-corrected chi connectivity index (χ1v) is 8.43. The quantitative estimate of drug-likeness (QED) is 0.234.